The summed E-state index contributed by atoms with van der Waals surface area (Å²) in [6.07, 6.45) is 4.38. The molecule has 2 heterocycles. The molecule has 0 spiro atoms. The summed E-state index contributed by atoms with van der Waals surface area (Å²) in [6.45, 7) is 10.6. The number of piperazine rings is 1. The van der Waals surface area contributed by atoms with Crippen molar-refractivity contribution in [2.45, 2.75) is 59.0 Å². The molecule has 1 aromatic heterocycles. The topological polar surface area (TPSA) is 52.5 Å². The van der Waals surface area contributed by atoms with Crippen LogP contribution >= 0.6 is 0 Å². The van der Waals surface area contributed by atoms with Gasteiger partial charge in [-0.2, -0.15) is 0 Å². The van der Waals surface area contributed by atoms with Crippen LogP contribution in [0.4, 0.5) is 10.2 Å². The van der Waals surface area contributed by atoms with Crippen LogP contribution in [0.5, 0.6) is 0 Å². The lowest BCUT2D eigenvalue weighted by Gasteiger charge is -2.37. The number of aromatic nitrogens is 2. The van der Waals surface area contributed by atoms with Gasteiger partial charge in [0.1, 0.15) is 17.5 Å². The Hall–Kier alpha value is -2.05. The van der Waals surface area contributed by atoms with Gasteiger partial charge in [0.25, 0.3) is 0 Å². The molecule has 0 amide bonds. The van der Waals surface area contributed by atoms with E-state index in [4.69, 9.17) is 4.98 Å². The van der Waals surface area contributed by atoms with Gasteiger partial charge in [-0.25, -0.2) is 14.4 Å². The number of unbranched alkanes of at least 4 members (excludes halogenated alkanes) is 1. The quantitative estimate of drug-likeness (QED) is 0.677. The number of aliphatic hydroxyl groups excluding tert-OH is 1. The average molecular weight is 415 g/mol. The smallest absolute Gasteiger partial charge is 0.136 e. The molecule has 5 nitrogen and oxygen atoms in total. The van der Waals surface area contributed by atoms with Crippen LogP contribution in [0.1, 0.15) is 55.8 Å². The van der Waals surface area contributed by atoms with Crippen LogP contribution in [0.2, 0.25) is 0 Å². The molecule has 1 N–H and O–H groups in total. The molecule has 1 aliphatic rings. The molecule has 164 valence electrons. The number of aryl methyl sites for hydroxylation is 2. The molecule has 1 saturated heterocycles. The van der Waals surface area contributed by atoms with E-state index in [0.29, 0.717) is 6.42 Å². The van der Waals surface area contributed by atoms with Crippen LogP contribution in [-0.4, -0.2) is 58.8 Å². The lowest BCUT2D eigenvalue weighted by molar-refractivity contribution is 0.100. The SMILES string of the molecule is CCCC[C@@H](O)CN1CCN(c2nc(C)nc(CC)c2Cc2ccc(F)cc2)CC1. The van der Waals surface area contributed by atoms with Gasteiger partial charge >= 0.3 is 0 Å². The number of hydrogen-bond donors (Lipinski definition) is 1. The molecule has 1 atom stereocenters. The van der Waals surface area contributed by atoms with Crippen LogP contribution in [0.25, 0.3) is 0 Å². The fraction of sp³-hybridized carbons (Fsp3) is 0.583. The van der Waals surface area contributed by atoms with Gasteiger partial charge in [0.05, 0.1) is 6.10 Å². The summed E-state index contributed by atoms with van der Waals surface area (Å²) < 4.78 is 13.3. The van der Waals surface area contributed by atoms with E-state index < -0.39 is 0 Å². The molecular formula is C24H35FN4O. The van der Waals surface area contributed by atoms with Gasteiger partial charge in [0, 0.05) is 50.4 Å². The summed E-state index contributed by atoms with van der Waals surface area (Å²) >= 11 is 0. The zero-order chi connectivity index (χ0) is 21.5. The Balaban J connectivity index is 1.74. The highest BCUT2D eigenvalue weighted by Crippen LogP contribution is 2.26. The number of hydrogen-bond acceptors (Lipinski definition) is 5. The minimum absolute atomic E-state index is 0.216. The van der Waals surface area contributed by atoms with Crippen molar-refractivity contribution in [2.24, 2.45) is 0 Å². The summed E-state index contributed by atoms with van der Waals surface area (Å²) in [6, 6.07) is 6.71. The summed E-state index contributed by atoms with van der Waals surface area (Å²) in [4.78, 5) is 14.2. The molecule has 1 aliphatic heterocycles. The average Bonchev–Trinajstić information content (AvgIpc) is 2.75. The maximum atomic E-state index is 13.3. The summed E-state index contributed by atoms with van der Waals surface area (Å²) in [7, 11) is 0. The van der Waals surface area contributed by atoms with Gasteiger partial charge in [0.2, 0.25) is 0 Å². The first-order chi connectivity index (χ1) is 14.5. The number of anilines is 1. The molecule has 1 fully saturated rings. The van der Waals surface area contributed by atoms with Crippen molar-refractivity contribution in [1.82, 2.24) is 14.9 Å². The number of benzene rings is 1. The van der Waals surface area contributed by atoms with Crippen molar-refractivity contribution in [3.05, 3.63) is 52.7 Å². The Labute approximate surface area is 180 Å². The second-order valence-corrected chi connectivity index (χ2v) is 8.26. The predicted molar refractivity (Wildman–Crippen MR) is 120 cm³/mol. The Kier molecular flexibility index (Phi) is 8.16. The number of aliphatic hydroxyl groups is 1. The van der Waals surface area contributed by atoms with E-state index in [9.17, 15) is 9.50 Å². The summed E-state index contributed by atoms with van der Waals surface area (Å²) in [5.74, 6) is 1.59. The molecule has 30 heavy (non-hydrogen) atoms. The van der Waals surface area contributed by atoms with Crippen molar-refractivity contribution < 1.29 is 9.50 Å². The van der Waals surface area contributed by atoms with Gasteiger partial charge in [-0.05, 0) is 37.5 Å². The van der Waals surface area contributed by atoms with Crippen LogP contribution in [0.15, 0.2) is 24.3 Å². The highest BCUT2D eigenvalue weighted by atomic mass is 19.1. The summed E-state index contributed by atoms with van der Waals surface area (Å²) in [5, 5.41) is 10.2. The van der Waals surface area contributed by atoms with Crippen LogP contribution in [0.3, 0.4) is 0 Å². The maximum absolute atomic E-state index is 13.3. The maximum Gasteiger partial charge on any atom is 0.136 e. The second kappa shape index (κ2) is 10.8. The minimum atomic E-state index is -0.237. The summed E-state index contributed by atoms with van der Waals surface area (Å²) in [5.41, 5.74) is 3.28. The van der Waals surface area contributed by atoms with Crippen LogP contribution in [-0.2, 0) is 12.8 Å². The van der Waals surface area contributed by atoms with E-state index >= 15 is 0 Å². The van der Waals surface area contributed by atoms with E-state index in [1.165, 1.54) is 12.1 Å². The molecular weight excluding hydrogens is 379 g/mol. The number of halogens is 1. The molecule has 0 saturated carbocycles. The first-order valence-electron chi connectivity index (χ1n) is 11.3. The predicted octanol–water partition coefficient (Wildman–Crippen LogP) is 3.75. The van der Waals surface area contributed by atoms with E-state index in [-0.39, 0.29) is 11.9 Å². The van der Waals surface area contributed by atoms with Crippen LogP contribution < -0.4 is 4.90 Å². The Morgan fingerprint density at radius 1 is 1.07 bits per heavy atom. The highest BCUT2D eigenvalue weighted by Gasteiger charge is 2.24. The fourth-order valence-electron chi connectivity index (χ4n) is 4.15. The first-order valence-corrected chi connectivity index (χ1v) is 11.3. The lowest BCUT2D eigenvalue weighted by atomic mass is 10.0. The monoisotopic (exact) mass is 414 g/mol. The Morgan fingerprint density at radius 3 is 2.40 bits per heavy atom. The van der Waals surface area contributed by atoms with Gasteiger partial charge in [-0.1, -0.05) is 38.8 Å². The molecule has 3 rings (SSSR count). The van der Waals surface area contributed by atoms with Crippen molar-refractivity contribution in [2.75, 3.05) is 37.6 Å². The van der Waals surface area contributed by atoms with E-state index in [2.05, 4.69) is 28.6 Å². The first kappa shape index (κ1) is 22.6. The van der Waals surface area contributed by atoms with Gasteiger partial charge in [-0.3, -0.25) is 4.90 Å². The second-order valence-electron chi connectivity index (χ2n) is 8.26. The molecule has 2 aromatic rings. The van der Waals surface area contributed by atoms with E-state index in [1.807, 2.05) is 19.1 Å². The van der Waals surface area contributed by atoms with Crippen LogP contribution in [0, 0.1) is 12.7 Å². The lowest BCUT2D eigenvalue weighted by Crippen LogP contribution is -2.49. The highest BCUT2D eigenvalue weighted by molar-refractivity contribution is 5.52. The normalized spacial score (nSPS) is 16.1. The Bertz CT molecular complexity index is 804. The fourth-order valence-corrected chi connectivity index (χ4v) is 4.15. The molecule has 0 aliphatic carbocycles. The molecule has 0 radical (unpaired) electrons. The zero-order valence-corrected chi connectivity index (χ0v) is 18.6. The standard InChI is InChI=1S/C24H35FN4O/c1-4-6-7-21(30)17-28-12-14-29(15-13-28)24-22(23(5-2)26-18(3)27-24)16-19-8-10-20(25)11-9-19/h8-11,21,30H,4-7,12-17H2,1-3H3/t21-/m1/s1. The van der Waals surface area contributed by atoms with Gasteiger partial charge < -0.3 is 10.0 Å². The molecule has 0 unspecified atom stereocenters. The third-order valence-corrected chi connectivity index (χ3v) is 5.84. The number of nitrogens with zero attached hydrogens (tertiary/aromatic N) is 4. The van der Waals surface area contributed by atoms with Gasteiger partial charge in [0.15, 0.2) is 0 Å². The van der Waals surface area contributed by atoms with Crippen molar-refractivity contribution in [3.8, 4) is 0 Å². The van der Waals surface area contributed by atoms with Crippen molar-refractivity contribution >= 4 is 5.82 Å². The molecule has 1 aromatic carbocycles. The van der Waals surface area contributed by atoms with Crippen molar-refractivity contribution in [3.63, 3.8) is 0 Å². The third-order valence-electron chi connectivity index (χ3n) is 5.84. The number of β-amino-alcohol motifs (C(OH)–C–C–N with tert-alkyl or cyclic N) is 1. The third kappa shape index (κ3) is 5.99. The van der Waals surface area contributed by atoms with Crippen molar-refractivity contribution in [1.29, 1.82) is 0 Å². The van der Waals surface area contributed by atoms with E-state index in [0.717, 1.165) is 86.9 Å². The largest absolute Gasteiger partial charge is 0.392 e. The number of rotatable bonds is 9. The van der Waals surface area contributed by atoms with Gasteiger partial charge in [-0.15, -0.1) is 0 Å². The minimum Gasteiger partial charge on any atom is -0.392 e. The molecule has 0 bridgehead atoms. The van der Waals surface area contributed by atoms with E-state index in [1.54, 1.807) is 0 Å². The molecule has 6 heteroatoms. The Morgan fingerprint density at radius 2 is 1.77 bits per heavy atom. The zero-order valence-electron chi connectivity index (χ0n) is 18.6.